The molecular formula is C18H23N. The summed E-state index contributed by atoms with van der Waals surface area (Å²) in [6.45, 7) is 5.42. The molecule has 0 amide bonds. The van der Waals surface area contributed by atoms with Crippen LogP contribution in [0.4, 0.5) is 5.69 Å². The number of benzene rings is 2. The summed E-state index contributed by atoms with van der Waals surface area (Å²) in [5, 5.41) is 3.47. The molecule has 1 nitrogen and oxygen atoms in total. The van der Waals surface area contributed by atoms with Crippen molar-refractivity contribution in [2.45, 2.75) is 33.1 Å². The summed E-state index contributed by atoms with van der Waals surface area (Å²) in [7, 11) is 0. The predicted molar refractivity (Wildman–Crippen MR) is 84.6 cm³/mol. The van der Waals surface area contributed by atoms with Crippen LogP contribution in [-0.4, -0.2) is 6.54 Å². The van der Waals surface area contributed by atoms with Gasteiger partial charge in [-0.15, -0.1) is 0 Å². The van der Waals surface area contributed by atoms with Crippen molar-refractivity contribution in [3.05, 3.63) is 54.1 Å². The van der Waals surface area contributed by atoms with Crippen molar-refractivity contribution >= 4 is 5.69 Å². The second kappa shape index (κ2) is 6.98. The minimum Gasteiger partial charge on any atom is -0.385 e. The number of aryl methyl sites for hydroxylation is 1. The maximum atomic E-state index is 3.47. The van der Waals surface area contributed by atoms with Crippen molar-refractivity contribution in [3.8, 4) is 11.1 Å². The Labute approximate surface area is 116 Å². The third-order valence-corrected chi connectivity index (χ3v) is 3.38. The van der Waals surface area contributed by atoms with Gasteiger partial charge in [-0.3, -0.25) is 0 Å². The van der Waals surface area contributed by atoms with E-state index in [2.05, 4.69) is 67.7 Å². The van der Waals surface area contributed by atoms with Crippen LogP contribution in [0.25, 0.3) is 11.1 Å². The average Bonchev–Trinajstić information content (AvgIpc) is 2.45. The first-order valence-corrected chi connectivity index (χ1v) is 7.20. The fourth-order valence-corrected chi connectivity index (χ4v) is 2.13. The molecule has 0 aliphatic heterocycles. The van der Waals surface area contributed by atoms with Crippen LogP contribution >= 0.6 is 0 Å². The maximum Gasteiger partial charge on any atom is 0.0340 e. The highest BCUT2D eigenvalue weighted by molar-refractivity contribution is 5.66. The van der Waals surface area contributed by atoms with Crippen LogP contribution in [0, 0.1) is 6.92 Å². The predicted octanol–water partition coefficient (Wildman–Crippen LogP) is 5.26. The van der Waals surface area contributed by atoms with Gasteiger partial charge in [0.05, 0.1) is 0 Å². The average molecular weight is 253 g/mol. The first kappa shape index (κ1) is 13.7. The Bertz CT molecular complexity index is 482. The molecule has 0 bridgehead atoms. The minimum absolute atomic E-state index is 1.07. The molecule has 0 atom stereocenters. The summed E-state index contributed by atoms with van der Waals surface area (Å²) >= 11 is 0. The topological polar surface area (TPSA) is 12.0 Å². The van der Waals surface area contributed by atoms with Gasteiger partial charge >= 0.3 is 0 Å². The van der Waals surface area contributed by atoms with E-state index >= 15 is 0 Å². The van der Waals surface area contributed by atoms with Gasteiger partial charge in [-0.05, 0) is 36.6 Å². The number of rotatable bonds is 6. The molecule has 0 aliphatic carbocycles. The lowest BCUT2D eigenvalue weighted by molar-refractivity contribution is 0.744. The summed E-state index contributed by atoms with van der Waals surface area (Å²) in [6, 6.07) is 17.4. The smallest absolute Gasteiger partial charge is 0.0340 e. The molecule has 0 heterocycles. The molecular weight excluding hydrogens is 230 g/mol. The largest absolute Gasteiger partial charge is 0.385 e. The van der Waals surface area contributed by atoms with Crippen LogP contribution in [0.15, 0.2) is 48.5 Å². The van der Waals surface area contributed by atoms with E-state index in [9.17, 15) is 0 Å². The molecule has 0 unspecified atom stereocenters. The van der Waals surface area contributed by atoms with Crippen LogP contribution in [0.2, 0.25) is 0 Å². The summed E-state index contributed by atoms with van der Waals surface area (Å²) in [5.74, 6) is 0. The molecule has 2 aromatic carbocycles. The van der Waals surface area contributed by atoms with Crippen molar-refractivity contribution in [1.82, 2.24) is 0 Å². The van der Waals surface area contributed by atoms with Gasteiger partial charge in [0.2, 0.25) is 0 Å². The van der Waals surface area contributed by atoms with Crippen molar-refractivity contribution < 1.29 is 0 Å². The van der Waals surface area contributed by atoms with Crippen molar-refractivity contribution in [2.75, 3.05) is 11.9 Å². The van der Waals surface area contributed by atoms with E-state index in [-0.39, 0.29) is 0 Å². The highest BCUT2D eigenvalue weighted by Gasteiger charge is 1.97. The van der Waals surface area contributed by atoms with Gasteiger partial charge in [-0.25, -0.2) is 0 Å². The van der Waals surface area contributed by atoms with E-state index in [0.29, 0.717) is 0 Å². The van der Waals surface area contributed by atoms with Crippen LogP contribution < -0.4 is 5.32 Å². The molecule has 0 spiro atoms. The molecule has 19 heavy (non-hydrogen) atoms. The molecule has 0 aliphatic rings. The number of nitrogens with one attached hydrogen (secondary N) is 1. The second-order valence-electron chi connectivity index (χ2n) is 5.08. The molecule has 0 saturated heterocycles. The number of unbranched alkanes of at least 4 members (excludes halogenated alkanes) is 2. The Morgan fingerprint density at radius 3 is 1.95 bits per heavy atom. The first-order chi connectivity index (χ1) is 9.29. The van der Waals surface area contributed by atoms with E-state index < -0.39 is 0 Å². The molecule has 100 valence electrons. The molecule has 1 N–H and O–H groups in total. The molecule has 0 saturated carbocycles. The van der Waals surface area contributed by atoms with Crippen LogP contribution in [0.1, 0.15) is 31.7 Å². The van der Waals surface area contributed by atoms with Crippen molar-refractivity contribution in [3.63, 3.8) is 0 Å². The maximum absolute atomic E-state index is 3.47. The third-order valence-electron chi connectivity index (χ3n) is 3.38. The number of hydrogen-bond acceptors (Lipinski definition) is 1. The standard InChI is InChI=1S/C18H23N/c1-3-4-5-14-19-18-12-10-17(11-13-18)16-8-6-15(2)7-9-16/h6-13,19H,3-5,14H2,1-2H3. The Morgan fingerprint density at radius 2 is 1.37 bits per heavy atom. The summed E-state index contributed by atoms with van der Waals surface area (Å²) in [5.41, 5.74) is 5.08. The van der Waals surface area contributed by atoms with Crippen LogP contribution in [0.3, 0.4) is 0 Å². The van der Waals surface area contributed by atoms with E-state index in [0.717, 1.165) is 6.54 Å². The number of anilines is 1. The molecule has 0 radical (unpaired) electrons. The van der Waals surface area contributed by atoms with Gasteiger partial charge in [0.25, 0.3) is 0 Å². The van der Waals surface area contributed by atoms with E-state index in [4.69, 9.17) is 0 Å². The van der Waals surface area contributed by atoms with Gasteiger partial charge in [0.15, 0.2) is 0 Å². The Morgan fingerprint density at radius 1 is 0.789 bits per heavy atom. The van der Waals surface area contributed by atoms with Gasteiger partial charge in [0, 0.05) is 12.2 Å². The Kier molecular flexibility index (Phi) is 5.02. The summed E-state index contributed by atoms with van der Waals surface area (Å²) in [6.07, 6.45) is 3.82. The lowest BCUT2D eigenvalue weighted by Crippen LogP contribution is -2.00. The highest BCUT2D eigenvalue weighted by atomic mass is 14.9. The Hall–Kier alpha value is -1.76. The lowest BCUT2D eigenvalue weighted by atomic mass is 10.0. The molecule has 1 heteroatoms. The van der Waals surface area contributed by atoms with E-state index in [1.165, 1.54) is 41.6 Å². The fraction of sp³-hybridized carbons (Fsp3) is 0.333. The second-order valence-corrected chi connectivity index (χ2v) is 5.08. The van der Waals surface area contributed by atoms with Gasteiger partial charge in [-0.1, -0.05) is 61.7 Å². The van der Waals surface area contributed by atoms with E-state index in [1.54, 1.807) is 0 Å². The molecule has 0 aromatic heterocycles. The highest BCUT2D eigenvalue weighted by Crippen LogP contribution is 2.21. The van der Waals surface area contributed by atoms with Crippen LogP contribution in [-0.2, 0) is 0 Å². The zero-order valence-corrected chi connectivity index (χ0v) is 11.9. The Balaban J connectivity index is 1.96. The quantitative estimate of drug-likeness (QED) is 0.692. The third kappa shape index (κ3) is 4.13. The normalized spacial score (nSPS) is 10.4. The summed E-state index contributed by atoms with van der Waals surface area (Å²) in [4.78, 5) is 0. The zero-order valence-electron chi connectivity index (χ0n) is 11.9. The zero-order chi connectivity index (χ0) is 13.5. The molecule has 0 fully saturated rings. The van der Waals surface area contributed by atoms with Gasteiger partial charge in [0.1, 0.15) is 0 Å². The van der Waals surface area contributed by atoms with E-state index in [1.807, 2.05) is 0 Å². The van der Waals surface area contributed by atoms with Gasteiger partial charge < -0.3 is 5.32 Å². The van der Waals surface area contributed by atoms with Crippen molar-refractivity contribution in [2.24, 2.45) is 0 Å². The monoisotopic (exact) mass is 253 g/mol. The SMILES string of the molecule is CCCCCNc1ccc(-c2ccc(C)cc2)cc1. The summed E-state index contributed by atoms with van der Waals surface area (Å²) < 4.78 is 0. The number of hydrogen-bond donors (Lipinski definition) is 1. The fourth-order valence-electron chi connectivity index (χ4n) is 2.13. The van der Waals surface area contributed by atoms with Crippen LogP contribution in [0.5, 0.6) is 0 Å². The lowest BCUT2D eigenvalue weighted by Gasteiger charge is -2.07. The van der Waals surface area contributed by atoms with Gasteiger partial charge in [-0.2, -0.15) is 0 Å². The van der Waals surface area contributed by atoms with Crippen molar-refractivity contribution in [1.29, 1.82) is 0 Å². The first-order valence-electron chi connectivity index (χ1n) is 7.20. The molecule has 2 aromatic rings. The molecule has 2 rings (SSSR count). The minimum atomic E-state index is 1.07.